The zero-order valence-corrected chi connectivity index (χ0v) is 21.6. The zero-order valence-electron chi connectivity index (χ0n) is 21.6. The topological polar surface area (TPSA) is 124 Å². The van der Waals surface area contributed by atoms with Crippen molar-refractivity contribution in [1.82, 2.24) is 25.4 Å². The summed E-state index contributed by atoms with van der Waals surface area (Å²) in [7, 11) is 0. The van der Waals surface area contributed by atoms with Crippen molar-refractivity contribution in [2.24, 2.45) is 0 Å². The number of carbonyl (C=O) groups excluding carboxylic acids is 1. The van der Waals surface area contributed by atoms with Crippen LogP contribution in [0.15, 0.2) is 35.0 Å². The summed E-state index contributed by atoms with van der Waals surface area (Å²) >= 11 is 0. The van der Waals surface area contributed by atoms with E-state index in [2.05, 4.69) is 30.7 Å². The number of halogens is 1. The summed E-state index contributed by atoms with van der Waals surface area (Å²) in [5.74, 6) is 0.824. The van der Waals surface area contributed by atoms with E-state index in [4.69, 9.17) is 14.0 Å². The number of anilines is 1. The van der Waals surface area contributed by atoms with Crippen LogP contribution in [0.3, 0.4) is 0 Å². The molecule has 2 bridgehead atoms. The Labute approximate surface area is 223 Å². The average molecular weight is 531 g/mol. The van der Waals surface area contributed by atoms with Gasteiger partial charge in [-0.2, -0.15) is 0 Å². The summed E-state index contributed by atoms with van der Waals surface area (Å²) in [6, 6.07) is 6.87. The number of nitrogens with one attached hydrogen (secondary N) is 2. The van der Waals surface area contributed by atoms with Crippen molar-refractivity contribution in [3.05, 3.63) is 53.4 Å². The van der Waals surface area contributed by atoms with Crippen LogP contribution in [-0.2, 0) is 0 Å². The third kappa shape index (κ3) is 3.95. The van der Waals surface area contributed by atoms with E-state index in [1.807, 2.05) is 0 Å². The van der Waals surface area contributed by atoms with Crippen LogP contribution in [0.25, 0.3) is 22.0 Å². The molecule has 2 N–H and O–H groups in total. The van der Waals surface area contributed by atoms with Crippen molar-refractivity contribution < 1.29 is 23.2 Å². The predicted octanol–water partition coefficient (Wildman–Crippen LogP) is 4.50. The van der Waals surface area contributed by atoms with Crippen LogP contribution in [0.5, 0.6) is 11.6 Å². The lowest BCUT2D eigenvalue weighted by molar-refractivity contribution is 0.0863. The Bertz CT molecular complexity index is 1630. The molecule has 0 unspecified atom stereocenters. The predicted molar refractivity (Wildman–Crippen MR) is 139 cm³/mol. The van der Waals surface area contributed by atoms with Crippen molar-refractivity contribution in [3.8, 4) is 22.8 Å². The van der Waals surface area contributed by atoms with Crippen LogP contribution < -0.4 is 20.1 Å². The van der Waals surface area contributed by atoms with E-state index in [0.717, 1.165) is 32.1 Å². The number of ether oxygens (including phenoxy) is 2. The molecule has 4 heterocycles. The third-order valence-electron chi connectivity index (χ3n) is 8.16. The first-order chi connectivity index (χ1) is 18.8. The number of hydrogen-bond donors (Lipinski definition) is 2. The smallest absolute Gasteiger partial charge is 0.290 e. The number of aryl methyl sites for hydroxylation is 2. The van der Waals surface area contributed by atoms with E-state index >= 15 is 4.39 Å². The quantitative estimate of drug-likeness (QED) is 0.384. The molecule has 0 radical (unpaired) electrons. The van der Waals surface area contributed by atoms with E-state index in [9.17, 15) is 4.79 Å². The third-order valence-corrected chi connectivity index (χ3v) is 8.16. The number of benzene rings is 1. The molecule has 39 heavy (non-hydrogen) atoms. The number of rotatable bonds is 5. The molecular formula is C28H27FN6O4. The normalized spacial score (nSPS) is 23.3. The number of amides is 1. The molecule has 1 amide bonds. The molecule has 7 rings (SSSR count). The number of fused-ring (bicyclic) bond motifs is 4. The van der Waals surface area contributed by atoms with E-state index in [-0.39, 0.29) is 22.7 Å². The second-order valence-corrected chi connectivity index (χ2v) is 10.8. The van der Waals surface area contributed by atoms with Gasteiger partial charge < -0.3 is 24.6 Å². The summed E-state index contributed by atoms with van der Waals surface area (Å²) in [5, 5.41) is 10.9. The van der Waals surface area contributed by atoms with Crippen LogP contribution >= 0.6 is 0 Å². The second-order valence-electron chi connectivity index (χ2n) is 10.8. The number of hydrogen-bond acceptors (Lipinski definition) is 9. The van der Waals surface area contributed by atoms with Crippen LogP contribution in [0.2, 0.25) is 0 Å². The molecular weight excluding hydrogens is 503 g/mol. The maximum absolute atomic E-state index is 15.9. The standard InChI is InChI=1S/C28H27FN6O4/c1-15-13-20(39-35-15)24(36)33-27-6-8-28(14-27,9-7-27)34-26-31-16(2)21-19(32-26)4-3-17(22(21)29)18-5-10-30-25-23(18)37-11-12-38-25/h3-5,10,13H,6-9,11-12,14H2,1-2H3,(H,33,36)(H,31,32,34). The molecule has 3 aromatic heterocycles. The second kappa shape index (κ2) is 8.62. The van der Waals surface area contributed by atoms with Crippen molar-refractivity contribution in [2.75, 3.05) is 18.5 Å². The summed E-state index contributed by atoms with van der Waals surface area (Å²) in [6.07, 6.45) is 5.75. The van der Waals surface area contributed by atoms with E-state index in [1.165, 1.54) is 0 Å². The fourth-order valence-corrected chi connectivity index (χ4v) is 6.34. The van der Waals surface area contributed by atoms with Crippen LogP contribution in [0.1, 0.15) is 54.0 Å². The van der Waals surface area contributed by atoms with E-state index in [0.29, 0.717) is 64.2 Å². The largest absolute Gasteiger partial charge is 0.484 e. The molecule has 1 aromatic carbocycles. The Morgan fingerprint density at radius 2 is 1.79 bits per heavy atom. The Morgan fingerprint density at radius 1 is 1.00 bits per heavy atom. The highest BCUT2D eigenvalue weighted by molar-refractivity contribution is 5.92. The SMILES string of the molecule is Cc1cc(C(=O)NC23CCC(Nc4nc(C)c5c(F)c(-c6ccnc7c6OCCO7)ccc5n4)(CC2)C3)on1. The van der Waals surface area contributed by atoms with Gasteiger partial charge in [-0.1, -0.05) is 5.16 Å². The van der Waals surface area contributed by atoms with Gasteiger partial charge in [0.1, 0.15) is 19.0 Å². The highest BCUT2D eigenvalue weighted by atomic mass is 19.1. The molecule has 11 heteroatoms. The summed E-state index contributed by atoms with van der Waals surface area (Å²) in [4.78, 5) is 26.3. The molecule has 1 aliphatic heterocycles. The first-order valence-electron chi connectivity index (χ1n) is 13.1. The van der Waals surface area contributed by atoms with Crippen LogP contribution in [0.4, 0.5) is 10.3 Å². The molecule has 200 valence electrons. The van der Waals surface area contributed by atoms with Crippen molar-refractivity contribution >= 4 is 22.8 Å². The monoisotopic (exact) mass is 530 g/mol. The molecule has 0 spiro atoms. The van der Waals surface area contributed by atoms with Crippen molar-refractivity contribution in [2.45, 2.75) is 57.0 Å². The lowest BCUT2D eigenvalue weighted by Gasteiger charge is -2.29. The van der Waals surface area contributed by atoms with Gasteiger partial charge in [0.15, 0.2) is 5.75 Å². The van der Waals surface area contributed by atoms with E-state index < -0.39 is 5.82 Å². The lowest BCUT2D eigenvalue weighted by Crippen LogP contribution is -2.45. The Hall–Kier alpha value is -4.28. The zero-order chi connectivity index (χ0) is 26.8. The maximum atomic E-state index is 15.9. The molecule has 2 fully saturated rings. The number of carbonyl (C=O) groups is 1. The minimum atomic E-state index is -0.414. The Balaban J connectivity index is 1.15. The maximum Gasteiger partial charge on any atom is 0.290 e. The summed E-state index contributed by atoms with van der Waals surface area (Å²) in [6.45, 7) is 4.36. The van der Waals surface area contributed by atoms with Gasteiger partial charge >= 0.3 is 0 Å². The van der Waals surface area contributed by atoms with Crippen LogP contribution in [-0.4, -0.2) is 50.3 Å². The molecule has 4 aromatic rings. The summed E-state index contributed by atoms with van der Waals surface area (Å²) in [5.41, 5.74) is 2.13. The molecule has 3 aliphatic rings. The molecule has 0 saturated heterocycles. The van der Waals surface area contributed by atoms with Gasteiger partial charge in [-0.25, -0.2) is 19.3 Å². The van der Waals surface area contributed by atoms with Gasteiger partial charge in [-0.15, -0.1) is 0 Å². The fraction of sp³-hybridized carbons (Fsp3) is 0.393. The highest BCUT2D eigenvalue weighted by Gasteiger charge is 2.55. The lowest BCUT2D eigenvalue weighted by atomic mass is 9.91. The highest BCUT2D eigenvalue weighted by Crippen LogP contribution is 2.52. The van der Waals surface area contributed by atoms with Gasteiger partial charge in [0.25, 0.3) is 11.8 Å². The molecule has 10 nitrogen and oxygen atoms in total. The Morgan fingerprint density at radius 3 is 2.59 bits per heavy atom. The van der Waals surface area contributed by atoms with Gasteiger partial charge in [0.05, 0.1) is 22.3 Å². The van der Waals surface area contributed by atoms with E-state index in [1.54, 1.807) is 44.3 Å². The number of aromatic nitrogens is 4. The van der Waals surface area contributed by atoms with Gasteiger partial charge in [0, 0.05) is 34.5 Å². The van der Waals surface area contributed by atoms with Gasteiger partial charge in [-0.05, 0) is 64.2 Å². The van der Waals surface area contributed by atoms with Gasteiger partial charge in [0.2, 0.25) is 11.7 Å². The number of nitrogens with zero attached hydrogens (tertiary/aromatic N) is 4. The minimum Gasteiger partial charge on any atom is -0.484 e. The molecule has 0 atom stereocenters. The first-order valence-corrected chi connectivity index (χ1v) is 13.1. The van der Waals surface area contributed by atoms with Crippen molar-refractivity contribution in [1.29, 1.82) is 0 Å². The fourth-order valence-electron chi connectivity index (χ4n) is 6.34. The first kappa shape index (κ1) is 23.8. The minimum absolute atomic E-state index is 0.223. The average Bonchev–Trinajstić information content (AvgIpc) is 3.61. The molecule has 2 saturated carbocycles. The molecule has 2 aliphatic carbocycles. The summed E-state index contributed by atoms with van der Waals surface area (Å²) < 4.78 is 32.4. The van der Waals surface area contributed by atoms with Crippen LogP contribution in [0, 0.1) is 19.7 Å². The van der Waals surface area contributed by atoms with Crippen molar-refractivity contribution in [3.63, 3.8) is 0 Å². The number of pyridine rings is 1. The van der Waals surface area contributed by atoms with Gasteiger partial charge in [-0.3, -0.25) is 4.79 Å². The Kier molecular flexibility index (Phi) is 5.26.